The fraction of sp³-hybridized carbons (Fsp3) is 0. The zero-order valence-electron chi connectivity index (χ0n) is 10.5. The number of hydrogen-bond acceptors (Lipinski definition) is 7. The number of hydrogen-bond donors (Lipinski definition) is 0. The van der Waals surface area contributed by atoms with Gasteiger partial charge in [-0.15, -0.1) is 11.3 Å². The first-order valence-corrected chi connectivity index (χ1v) is 6.68. The van der Waals surface area contributed by atoms with Gasteiger partial charge in [-0.1, -0.05) is 17.3 Å². The lowest BCUT2D eigenvalue weighted by Gasteiger charge is -1.94. The first kappa shape index (κ1) is 13.0. The summed E-state index contributed by atoms with van der Waals surface area (Å²) in [6.07, 6.45) is 1.35. The minimum absolute atomic E-state index is 0.0142. The van der Waals surface area contributed by atoms with Crippen molar-refractivity contribution in [2.75, 3.05) is 0 Å². The number of benzene rings is 1. The monoisotopic (exact) mass is 297 g/mol. The number of carbonyl (C=O) groups excluding carboxylic acids is 1. The number of para-hydroxylation sites is 1. The smallest absolute Gasteiger partial charge is 0.400 e. The van der Waals surface area contributed by atoms with Crippen molar-refractivity contribution < 1.29 is 14.0 Å². The van der Waals surface area contributed by atoms with Crippen LogP contribution in [-0.2, 0) is 4.84 Å². The van der Waals surface area contributed by atoms with Crippen molar-refractivity contribution in [1.82, 2.24) is 4.98 Å². The highest BCUT2D eigenvalue weighted by Crippen LogP contribution is 2.22. The summed E-state index contributed by atoms with van der Waals surface area (Å²) in [4.78, 5) is 20.5. The Balaban J connectivity index is 1.86. The molecule has 0 N–H and O–H groups in total. The summed E-state index contributed by atoms with van der Waals surface area (Å²) in [5.41, 5.74) is 0.703. The van der Waals surface area contributed by atoms with Crippen molar-refractivity contribution in [3.63, 3.8) is 0 Å². The van der Waals surface area contributed by atoms with Crippen LogP contribution < -0.4 is 0 Å². The van der Waals surface area contributed by atoms with Crippen molar-refractivity contribution in [3.05, 3.63) is 53.4 Å². The SMILES string of the molecule is N#CC(=NOC(=O)c1ccco1)c1nc2ccccc2s1. The second-order valence-electron chi connectivity index (χ2n) is 3.89. The molecule has 0 saturated heterocycles. The van der Waals surface area contributed by atoms with Gasteiger partial charge in [-0.25, -0.2) is 9.78 Å². The van der Waals surface area contributed by atoms with E-state index in [0.717, 1.165) is 10.2 Å². The number of nitriles is 1. The van der Waals surface area contributed by atoms with E-state index in [1.54, 1.807) is 6.07 Å². The molecule has 0 unspecified atom stereocenters. The Bertz CT molecular complexity index is 826. The highest BCUT2D eigenvalue weighted by atomic mass is 32.1. The molecular weight excluding hydrogens is 290 g/mol. The van der Waals surface area contributed by atoms with E-state index in [9.17, 15) is 4.79 Å². The molecule has 3 aromatic rings. The summed E-state index contributed by atoms with van der Waals surface area (Å²) in [5, 5.41) is 13.1. The fourth-order valence-electron chi connectivity index (χ4n) is 1.61. The number of fused-ring (bicyclic) bond motifs is 1. The van der Waals surface area contributed by atoms with Crippen molar-refractivity contribution in [2.45, 2.75) is 0 Å². The molecule has 0 radical (unpaired) electrons. The van der Waals surface area contributed by atoms with Gasteiger partial charge in [-0.2, -0.15) is 5.26 Å². The van der Waals surface area contributed by atoms with E-state index < -0.39 is 5.97 Å². The third-order valence-corrected chi connectivity index (χ3v) is 3.59. The molecule has 102 valence electrons. The van der Waals surface area contributed by atoms with Crippen LogP contribution in [0.15, 0.2) is 52.2 Å². The lowest BCUT2D eigenvalue weighted by atomic mass is 10.3. The molecule has 2 aromatic heterocycles. The van der Waals surface area contributed by atoms with Crippen LogP contribution in [-0.4, -0.2) is 16.7 Å². The van der Waals surface area contributed by atoms with Crippen LogP contribution in [0.1, 0.15) is 15.6 Å². The first-order chi connectivity index (χ1) is 10.3. The van der Waals surface area contributed by atoms with Gasteiger partial charge < -0.3 is 9.25 Å². The van der Waals surface area contributed by atoms with Crippen LogP contribution in [0.3, 0.4) is 0 Å². The summed E-state index contributed by atoms with van der Waals surface area (Å²) in [6.45, 7) is 0. The number of nitrogens with zero attached hydrogens (tertiary/aromatic N) is 3. The quantitative estimate of drug-likeness (QED) is 0.421. The maximum Gasteiger partial charge on any atom is 0.400 e. The minimum Gasteiger partial charge on any atom is -0.457 e. The summed E-state index contributed by atoms with van der Waals surface area (Å²) >= 11 is 1.30. The highest BCUT2D eigenvalue weighted by Gasteiger charge is 2.14. The third kappa shape index (κ3) is 2.66. The molecule has 0 fully saturated rings. The lowest BCUT2D eigenvalue weighted by Crippen LogP contribution is -2.03. The molecule has 0 aliphatic rings. The summed E-state index contributed by atoms with van der Waals surface area (Å²) in [5.74, 6) is -0.755. The largest absolute Gasteiger partial charge is 0.457 e. The van der Waals surface area contributed by atoms with E-state index >= 15 is 0 Å². The molecule has 0 aliphatic carbocycles. The molecule has 6 nitrogen and oxygen atoms in total. The zero-order chi connectivity index (χ0) is 14.7. The average Bonchev–Trinajstić information content (AvgIpc) is 3.17. The van der Waals surface area contributed by atoms with Gasteiger partial charge in [0.25, 0.3) is 0 Å². The fourth-order valence-corrected chi connectivity index (χ4v) is 2.50. The van der Waals surface area contributed by atoms with Crippen LogP contribution in [0, 0.1) is 11.3 Å². The van der Waals surface area contributed by atoms with Gasteiger partial charge in [0.05, 0.1) is 16.5 Å². The predicted octanol–water partition coefficient (Wildman–Crippen LogP) is 2.97. The van der Waals surface area contributed by atoms with Gasteiger partial charge in [0.1, 0.15) is 6.07 Å². The number of furan rings is 1. The Hall–Kier alpha value is -2.98. The normalized spacial score (nSPS) is 11.3. The van der Waals surface area contributed by atoms with E-state index in [-0.39, 0.29) is 11.5 Å². The van der Waals surface area contributed by atoms with Gasteiger partial charge in [0.2, 0.25) is 11.5 Å². The second kappa shape index (κ2) is 5.56. The number of oxime groups is 1. The van der Waals surface area contributed by atoms with Gasteiger partial charge in [0, 0.05) is 0 Å². The highest BCUT2D eigenvalue weighted by molar-refractivity contribution is 7.20. The minimum atomic E-state index is -0.770. The topological polar surface area (TPSA) is 88.5 Å². The van der Waals surface area contributed by atoms with Gasteiger partial charge >= 0.3 is 5.97 Å². The summed E-state index contributed by atoms with van der Waals surface area (Å²) in [6, 6.07) is 12.3. The molecule has 0 saturated carbocycles. The van der Waals surface area contributed by atoms with Crippen molar-refractivity contribution in [2.24, 2.45) is 5.16 Å². The van der Waals surface area contributed by atoms with Crippen molar-refractivity contribution >= 4 is 33.2 Å². The van der Waals surface area contributed by atoms with E-state index in [4.69, 9.17) is 9.68 Å². The van der Waals surface area contributed by atoms with E-state index in [1.165, 1.54) is 23.7 Å². The number of carbonyl (C=O) groups is 1. The van der Waals surface area contributed by atoms with Crippen molar-refractivity contribution in [1.29, 1.82) is 5.26 Å². The Kier molecular flexibility index (Phi) is 3.45. The maximum atomic E-state index is 11.6. The Morgan fingerprint density at radius 3 is 2.90 bits per heavy atom. The van der Waals surface area contributed by atoms with Crippen LogP contribution in [0.4, 0.5) is 0 Å². The van der Waals surface area contributed by atoms with Crippen molar-refractivity contribution in [3.8, 4) is 6.07 Å². The van der Waals surface area contributed by atoms with E-state index in [2.05, 4.69) is 15.0 Å². The summed E-state index contributed by atoms with van der Waals surface area (Å²) in [7, 11) is 0. The molecule has 3 rings (SSSR count). The Morgan fingerprint density at radius 2 is 2.19 bits per heavy atom. The maximum absolute atomic E-state index is 11.6. The standard InChI is InChI=1S/C14H7N3O3S/c15-8-10(17-20-14(18)11-5-3-7-19-11)13-16-9-4-1-2-6-12(9)21-13/h1-7H. The molecule has 0 amide bonds. The van der Waals surface area contributed by atoms with Crippen LogP contribution in [0.2, 0.25) is 0 Å². The number of rotatable bonds is 3. The molecular formula is C14H7N3O3S. The molecule has 2 heterocycles. The molecule has 0 bridgehead atoms. The predicted molar refractivity (Wildman–Crippen MR) is 75.9 cm³/mol. The molecule has 0 atom stereocenters. The van der Waals surface area contributed by atoms with Gasteiger partial charge in [0.15, 0.2) is 5.01 Å². The molecule has 0 aliphatic heterocycles. The Morgan fingerprint density at radius 1 is 1.33 bits per heavy atom. The lowest BCUT2D eigenvalue weighted by molar-refractivity contribution is 0.0481. The van der Waals surface area contributed by atoms with Crippen LogP contribution in [0.25, 0.3) is 10.2 Å². The first-order valence-electron chi connectivity index (χ1n) is 5.87. The van der Waals surface area contributed by atoms with Gasteiger partial charge in [-0.3, -0.25) is 0 Å². The number of thiazole rings is 1. The molecule has 0 spiro atoms. The zero-order valence-corrected chi connectivity index (χ0v) is 11.3. The van der Waals surface area contributed by atoms with Crippen LogP contribution in [0.5, 0.6) is 0 Å². The van der Waals surface area contributed by atoms with Gasteiger partial charge in [-0.05, 0) is 24.3 Å². The molecule has 7 heteroatoms. The van der Waals surface area contributed by atoms with E-state index in [0.29, 0.717) is 5.01 Å². The third-order valence-electron chi connectivity index (χ3n) is 2.54. The van der Waals surface area contributed by atoms with E-state index in [1.807, 2.05) is 30.3 Å². The number of aromatic nitrogens is 1. The second-order valence-corrected chi connectivity index (χ2v) is 4.93. The summed E-state index contributed by atoms with van der Waals surface area (Å²) < 4.78 is 5.80. The molecule has 1 aromatic carbocycles. The Labute approximate surface area is 122 Å². The van der Waals surface area contributed by atoms with Crippen LogP contribution >= 0.6 is 11.3 Å². The average molecular weight is 297 g/mol. The molecule has 21 heavy (non-hydrogen) atoms.